The molecule has 1 aromatic heterocycles. The number of benzene rings is 1. The third-order valence-electron chi connectivity index (χ3n) is 6.65. The maximum atomic E-state index is 12.8. The lowest BCUT2D eigenvalue weighted by atomic mass is 10.1. The molecule has 2 aliphatic rings. The molecule has 39 heavy (non-hydrogen) atoms. The SMILES string of the molecule is C/C=C(\N=C(C)C#N)C(=O)N1CCN(Cc2ccc(N3C(=NC)/C(=C\C)N=C3c3cccnc3N)cc2)CC1. The van der Waals surface area contributed by atoms with Gasteiger partial charge in [-0.1, -0.05) is 24.3 Å². The number of nitrogen functional groups attached to an aromatic ring is 1. The Bertz CT molecular complexity index is 1420. The standard InChI is InChI=1S/C29H33N9O/c1-5-24-28(32-4)38(27(35-24)23-8-7-13-33-26(23)31)22-11-9-21(10-12-22)19-36-14-16-37(17-15-36)29(39)25(6-2)34-20(3)18-30/h5-13H,14-17,19H2,1-4H3,(H2,31,33)/b24-5+,25-6-,32-28?,34-20?. The fraction of sp³-hybridized carbons (Fsp3) is 0.310. The van der Waals surface area contributed by atoms with Crippen LogP contribution in [0.2, 0.25) is 0 Å². The van der Waals surface area contributed by atoms with Crippen LogP contribution in [0.1, 0.15) is 31.9 Å². The van der Waals surface area contributed by atoms with Crippen molar-refractivity contribution in [1.29, 1.82) is 5.26 Å². The predicted molar refractivity (Wildman–Crippen MR) is 156 cm³/mol. The molecule has 0 spiro atoms. The molecule has 3 heterocycles. The molecule has 200 valence electrons. The highest BCUT2D eigenvalue weighted by molar-refractivity contribution is 6.34. The van der Waals surface area contributed by atoms with Gasteiger partial charge in [0.1, 0.15) is 29.0 Å². The Balaban J connectivity index is 1.45. The Labute approximate surface area is 229 Å². The molecule has 4 rings (SSSR count). The summed E-state index contributed by atoms with van der Waals surface area (Å²) in [5.74, 6) is 1.72. The van der Waals surface area contributed by atoms with Crippen molar-refractivity contribution in [2.24, 2.45) is 15.0 Å². The number of amides is 1. The van der Waals surface area contributed by atoms with Crippen molar-refractivity contribution in [3.63, 3.8) is 0 Å². The van der Waals surface area contributed by atoms with Gasteiger partial charge >= 0.3 is 0 Å². The van der Waals surface area contributed by atoms with E-state index >= 15 is 0 Å². The minimum atomic E-state index is -0.137. The zero-order valence-electron chi connectivity index (χ0n) is 22.8. The van der Waals surface area contributed by atoms with E-state index in [1.54, 1.807) is 38.1 Å². The van der Waals surface area contributed by atoms with E-state index in [2.05, 4.69) is 44.1 Å². The zero-order valence-corrected chi connectivity index (χ0v) is 22.8. The summed E-state index contributed by atoms with van der Waals surface area (Å²) in [6.07, 6.45) is 5.26. The van der Waals surface area contributed by atoms with Crippen molar-refractivity contribution in [3.8, 4) is 6.07 Å². The third-order valence-corrected chi connectivity index (χ3v) is 6.65. The lowest BCUT2D eigenvalue weighted by Crippen LogP contribution is -2.48. The largest absolute Gasteiger partial charge is 0.383 e. The second-order valence-corrected chi connectivity index (χ2v) is 9.15. The summed E-state index contributed by atoms with van der Waals surface area (Å²) in [5, 5.41) is 8.99. The lowest BCUT2D eigenvalue weighted by Gasteiger charge is -2.34. The van der Waals surface area contributed by atoms with Gasteiger partial charge in [0.25, 0.3) is 5.91 Å². The van der Waals surface area contributed by atoms with Crippen molar-refractivity contribution in [1.82, 2.24) is 14.8 Å². The smallest absolute Gasteiger partial charge is 0.272 e. The maximum Gasteiger partial charge on any atom is 0.272 e. The summed E-state index contributed by atoms with van der Waals surface area (Å²) in [5.41, 5.74) is 10.4. The van der Waals surface area contributed by atoms with Crippen molar-refractivity contribution in [2.75, 3.05) is 43.9 Å². The molecule has 0 radical (unpaired) electrons. The van der Waals surface area contributed by atoms with E-state index in [0.29, 0.717) is 30.4 Å². The zero-order chi connectivity index (χ0) is 27.9. The van der Waals surface area contributed by atoms with Crippen molar-refractivity contribution < 1.29 is 4.79 Å². The number of hydrogen-bond acceptors (Lipinski definition) is 8. The quantitative estimate of drug-likeness (QED) is 0.457. The topological polar surface area (TPSA) is 127 Å². The van der Waals surface area contributed by atoms with Gasteiger partial charge in [-0.3, -0.25) is 19.6 Å². The fourth-order valence-electron chi connectivity index (χ4n) is 4.59. The Morgan fingerprint density at radius 3 is 2.46 bits per heavy atom. The molecule has 0 aliphatic carbocycles. The van der Waals surface area contributed by atoms with Crippen LogP contribution in [-0.2, 0) is 11.3 Å². The van der Waals surface area contributed by atoms with Gasteiger partial charge in [0.2, 0.25) is 0 Å². The summed E-state index contributed by atoms with van der Waals surface area (Å²) in [4.78, 5) is 36.7. The first kappa shape index (κ1) is 27.4. The van der Waals surface area contributed by atoms with Crippen molar-refractivity contribution in [3.05, 3.63) is 77.3 Å². The number of aliphatic imine (C=N–C) groups is 3. The molecule has 0 bridgehead atoms. The van der Waals surface area contributed by atoms with Crippen LogP contribution in [-0.4, -0.2) is 71.3 Å². The van der Waals surface area contributed by atoms with E-state index < -0.39 is 0 Å². The molecule has 2 aliphatic heterocycles. The van der Waals surface area contributed by atoms with E-state index in [1.165, 1.54) is 5.56 Å². The number of allylic oxidation sites excluding steroid dienone is 2. The average molecular weight is 524 g/mol. The molecule has 1 aromatic carbocycles. The van der Waals surface area contributed by atoms with Gasteiger partial charge in [-0.25, -0.2) is 15.0 Å². The van der Waals surface area contributed by atoms with Crippen LogP contribution >= 0.6 is 0 Å². The number of carbonyl (C=O) groups is 1. The molecule has 0 atom stereocenters. The number of rotatable bonds is 6. The summed E-state index contributed by atoms with van der Waals surface area (Å²) in [6.45, 7) is 8.80. The van der Waals surface area contributed by atoms with Crippen molar-refractivity contribution in [2.45, 2.75) is 27.3 Å². The molecule has 1 saturated heterocycles. The lowest BCUT2D eigenvalue weighted by molar-refractivity contribution is -0.128. The number of anilines is 2. The number of hydrogen-bond donors (Lipinski definition) is 1. The molecule has 0 saturated carbocycles. The fourth-order valence-corrected chi connectivity index (χ4v) is 4.59. The highest BCUT2D eigenvalue weighted by Gasteiger charge is 2.31. The number of pyridine rings is 1. The van der Waals surface area contributed by atoms with Crippen LogP contribution in [0.4, 0.5) is 11.5 Å². The Kier molecular flexibility index (Phi) is 8.63. The number of nitrogens with zero attached hydrogens (tertiary/aromatic N) is 8. The van der Waals surface area contributed by atoms with Gasteiger partial charge in [0.05, 0.1) is 5.56 Å². The monoisotopic (exact) mass is 523 g/mol. The molecule has 10 heteroatoms. The number of carbonyl (C=O) groups excluding carboxylic acids is 1. The number of aromatic nitrogens is 1. The normalized spacial score (nSPS) is 19.0. The maximum absolute atomic E-state index is 12.8. The minimum absolute atomic E-state index is 0.137. The van der Waals surface area contributed by atoms with Crippen LogP contribution in [0.25, 0.3) is 0 Å². The number of nitriles is 1. The van der Waals surface area contributed by atoms with E-state index in [0.717, 1.165) is 42.4 Å². The number of nitrogens with two attached hydrogens (primary N) is 1. The van der Waals surface area contributed by atoms with Gasteiger partial charge in [-0.2, -0.15) is 5.26 Å². The summed E-state index contributed by atoms with van der Waals surface area (Å²) in [6, 6.07) is 14.1. The molecule has 0 unspecified atom stereocenters. The van der Waals surface area contributed by atoms with Crippen molar-refractivity contribution >= 4 is 34.8 Å². The molecule has 2 aromatic rings. The summed E-state index contributed by atoms with van der Waals surface area (Å²) in [7, 11) is 1.76. The summed E-state index contributed by atoms with van der Waals surface area (Å²) >= 11 is 0. The molecule has 1 fully saturated rings. The van der Waals surface area contributed by atoms with Gasteiger partial charge in [-0.15, -0.1) is 0 Å². The Morgan fingerprint density at radius 2 is 1.87 bits per heavy atom. The van der Waals surface area contributed by atoms with E-state index in [1.807, 2.05) is 36.1 Å². The highest BCUT2D eigenvalue weighted by atomic mass is 16.2. The van der Waals surface area contributed by atoms with Gasteiger partial charge in [0, 0.05) is 51.7 Å². The van der Waals surface area contributed by atoms with E-state index in [4.69, 9.17) is 16.0 Å². The third kappa shape index (κ3) is 5.94. The average Bonchev–Trinajstić information content (AvgIpc) is 3.35. The predicted octanol–water partition coefficient (Wildman–Crippen LogP) is 3.40. The molecule has 2 N–H and O–H groups in total. The number of piperazine rings is 1. The number of amidine groups is 2. The van der Waals surface area contributed by atoms with Gasteiger partial charge in [-0.05, 0) is 50.6 Å². The Hall–Kier alpha value is -4.62. The van der Waals surface area contributed by atoms with E-state index in [-0.39, 0.29) is 11.6 Å². The van der Waals surface area contributed by atoms with Crippen LogP contribution < -0.4 is 10.6 Å². The first-order valence-corrected chi connectivity index (χ1v) is 12.9. The molecular weight excluding hydrogens is 490 g/mol. The van der Waals surface area contributed by atoms with Crippen LogP contribution in [0.5, 0.6) is 0 Å². The Morgan fingerprint density at radius 1 is 1.15 bits per heavy atom. The van der Waals surface area contributed by atoms with Gasteiger partial charge < -0.3 is 10.6 Å². The first-order valence-electron chi connectivity index (χ1n) is 12.9. The first-order chi connectivity index (χ1) is 18.9. The van der Waals surface area contributed by atoms with Crippen LogP contribution in [0, 0.1) is 11.3 Å². The molecule has 1 amide bonds. The second kappa shape index (κ2) is 12.3. The highest BCUT2D eigenvalue weighted by Crippen LogP contribution is 2.29. The van der Waals surface area contributed by atoms with E-state index in [9.17, 15) is 4.79 Å². The molecular formula is C29H33N9O. The summed E-state index contributed by atoms with van der Waals surface area (Å²) < 4.78 is 0. The van der Waals surface area contributed by atoms with Gasteiger partial charge in [0.15, 0.2) is 11.7 Å². The van der Waals surface area contributed by atoms with Crippen LogP contribution in [0.15, 0.2) is 81.1 Å². The second-order valence-electron chi connectivity index (χ2n) is 9.15. The van der Waals surface area contributed by atoms with Crippen LogP contribution in [0.3, 0.4) is 0 Å². The molecule has 10 nitrogen and oxygen atoms in total. The minimum Gasteiger partial charge on any atom is -0.383 e.